The molecule has 0 bridgehead atoms. The highest BCUT2D eigenvalue weighted by molar-refractivity contribution is 7.88. The van der Waals surface area contributed by atoms with Crippen molar-refractivity contribution in [3.8, 4) is 17.6 Å². The van der Waals surface area contributed by atoms with E-state index in [4.69, 9.17) is 19.5 Å². The number of methoxy groups -OCH3 is 1. The van der Waals surface area contributed by atoms with Gasteiger partial charge in [0, 0.05) is 18.9 Å². The van der Waals surface area contributed by atoms with E-state index in [0.717, 1.165) is 40.5 Å². The molecule has 40 heavy (non-hydrogen) atoms. The van der Waals surface area contributed by atoms with Crippen molar-refractivity contribution in [2.45, 2.75) is 43.9 Å². The van der Waals surface area contributed by atoms with Gasteiger partial charge in [-0.2, -0.15) is 8.42 Å². The predicted molar refractivity (Wildman–Crippen MR) is 149 cm³/mol. The molecule has 0 saturated carbocycles. The lowest BCUT2D eigenvalue weighted by molar-refractivity contribution is -0.385. The van der Waals surface area contributed by atoms with Crippen LogP contribution in [0.4, 0.5) is 5.69 Å². The van der Waals surface area contributed by atoms with Crippen LogP contribution in [0, 0.1) is 22.0 Å². The quantitative estimate of drug-likeness (QED) is 0.0714. The largest absolute Gasteiger partial charge is 0.490 e. The highest BCUT2D eigenvalue weighted by Crippen LogP contribution is 2.27. The third-order valence-corrected chi connectivity index (χ3v) is 7.04. The zero-order chi connectivity index (χ0) is 30.3. The Hall–Kier alpha value is -4.32. The minimum Gasteiger partial charge on any atom is -0.490 e. The number of allylic oxidation sites excluding steroid dienone is 2. The summed E-state index contributed by atoms with van der Waals surface area (Å²) >= 11 is 0.955. The Morgan fingerprint density at radius 1 is 1.18 bits per heavy atom. The number of thiazole rings is 1. The molecule has 0 radical (unpaired) electrons. The maximum absolute atomic E-state index is 10.7. The molecular formula is C26H28N2O10S2. The van der Waals surface area contributed by atoms with Gasteiger partial charge in [0.15, 0.2) is 5.75 Å². The number of ether oxygens (including phenoxy) is 1. The molecule has 0 spiro atoms. The number of fused-ring (bicyclic) bond motifs is 1. The number of aromatic nitrogens is 1. The first-order valence-corrected chi connectivity index (χ1v) is 13.7. The molecule has 0 fully saturated rings. The van der Waals surface area contributed by atoms with Crippen molar-refractivity contribution in [2.24, 2.45) is 0 Å². The van der Waals surface area contributed by atoms with Crippen LogP contribution in [0.15, 0.2) is 58.5 Å². The van der Waals surface area contributed by atoms with Crippen LogP contribution in [0.3, 0.4) is 0 Å². The van der Waals surface area contributed by atoms with Gasteiger partial charge in [-0.3, -0.25) is 19.5 Å². The Morgan fingerprint density at radius 3 is 2.38 bits per heavy atom. The average Bonchev–Trinajstić information content (AvgIpc) is 3.35. The molecule has 0 unspecified atom stereocenters. The van der Waals surface area contributed by atoms with E-state index in [9.17, 15) is 28.1 Å². The van der Waals surface area contributed by atoms with Gasteiger partial charge in [0.2, 0.25) is 4.34 Å². The summed E-state index contributed by atoms with van der Waals surface area (Å²) in [6.45, 7) is 3.78. The molecule has 14 heteroatoms. The highest BCUT2D eigenvalue weighted by Gasteiger charge is 2.17. The van der Waals surface area contributed by atoms with Gasteiger partial charge in [-0.05, 0) is 51.0 Å². The van der Waals surface area contributed by atoms with Crippen molar-refractivity contribution in [1.29, 1.82) is 0 Å². The van der Waals surface area contributed by atoms with Crippen molar-refractivity contribution < 1.29 is 42.4 Å². The van der Waals surface area contributed by atoms with Crippen molar-refractivity contribution in [2.75, 3.05) is 7.11 Å². The van der Waals surface area contributed by atoms with Crippen molar-refractivity contribution in [3.05, 3.63) is 69.8 Å². The van der Waals surface area contributed by atoms with Gasteiger partial charge < -0.3 is 14.9 Å². The van der Waals surface area contributed by atoms with Crippen molar-refractivity contribution >= 4 is 49.3 Å². The first-order valence-electron chi connectivity index (χ1n) is 11.5. The fourth-order valence-corrected chi connectivity index (χ4v) is 4.45. The molecular weight excluding hydrogens is 564 g/mol. The van der Waals surface area contributed by atoms with Crippen molar-refractivity contribution in [1.82, 2.24) is 4.98 Å². The summed E-state index contributed by atoms with van der Waals surface area (Å²) in [5, 5.41) is 27.5. The fraction of sp³-hybridized carbons (Fsp3) is 0.269. The fourth-order valence-electron chi connectivity index (χ4n) is 2.85. The first-order chi connectivity index (χ1) is 18.8. The molecule has 214 valence electrons. The lowest BCUT2D eigenvalue weighted by atomic mass is 10.1. The molecule has 3 rings (SSSR count). The van der Waals surface area contributed by atoms with Gasteiger partial charge >= 0.3 is 27.7 Å². The summed E-state index contributed by atoms with van der Waals surface area (Å²) in [5.41, 5.74) is 1.23. The standard InChI is InChI=1S/C11H16O2.C8H7NO5.C7H5NO3S2/c1-3-4-5-6-7-10(2)8-9-11(12)13;1-14-7-3-2-5(8(10)11)4-6(7)9(12)13;9-13(10,11)7-8-5-3-1-2-4-6(5)12-7/h7H,5-6,8-9H2,1-2H3,(H,12,13);2-4H,1H3,(H,10,11);1-4H,(H,9,10,11). The zero-order valence-corrected chi connectivity index (χ0v) is 23.5. The highest BCUT2D eigenvalue weighted by atomic mass is 32.3. The molecule has 0 aliphatic carbocycles. The number of carboxylic acids is 2. The number of benzene rings is 2. The van der Waals surface area contributed by atoms with Crippen LogP contribution in [0.5, 0.6) is 5.75 Å². The van der Waals surface area contributed by atoms with Gasteiger partial charge in [0.05, 0.1) is 27.8 Å². The number of aromatic carboxylic acids is 1. The number of rotatable bonds is 9. The minimum absolute atomic E-state index is 0.0417. The SMILES string of the molecule is CC#CCCC=C(C)CCC(=O)O.COc1ccc(C(=O)O)cc1[N+](=O)[O-].O=S(=O)(O)c1nc2ccccc2s1. The first kappa shape index (κ1) is 33.7. The van der Waals surface area contributed by atoms with E-state index in [1.165, 1.54) is 19.2 Å². The smallest absolute Gasteiger partial charge is 0.335 e. The predicted octanol–water partition coefficient (Wildman–Crippen LogP) is 5.45. The Morgan fingerprint density at radius 2 is 1.85 bits per heavy atom. The molecule has 12 nitrogen and oxygen atoms in total. The second-order valence-electron chi connectivity index (χ2n) is 7.78. The lowest BCUT2D eigenvalue weighted by Crippen LogP contribution is -1.99. The van der Waals surface area contributed by atoms with E-state index < -0.39 is 27.0 Å². The summed E-state index contributed by atoms with van der Waals surface area (Å²) in [7, 11) is -2.88. The molecule has 0 aliphatic heterocycles. The van der Waals surface area contributed by atoms with Crippen LogP contribution in [0.2, 0.25) is 0 Å². The number of carboxylic acid groups (broad SMARTS) is 2. The van der Waals surface area contributed by atoms with Gasteiger partial charge in [-0.1, -0.05) is 23.8 Å². The third-order valence-electron chi connectivity index (χ3n) is 4.79. The van der Waals surface area contributed by atoms with E-state index >= 15 is 0 Å². The molecule has 0 aliphatic rings. The number of nitrogens with zero attached hydrogens (tertiary/aromatic N) is 2. The van der Waals surface area contributed by atoms with Crippen molar-refractivity contribution in [3.63, 3.8) is 0 Å². The van der Waals surface area contributed by atoms with E-state index in [1.807, 2.05) is 13.8 Å². The van der Waals surface area contributed by atoms with Gasteiger partial charge in [0.1, 0.15) is 0 Å². The average molecular weight is 593 g/mol. The zero-order valence-electron chi connectivity index (χ0n) is 21.9. The monoisotopic (exact) mass is 592 g/mol. The number of nitro groups is 1. The van der Waals surface area contributed by atoms with Gasteiger partial charge in [-0.15, -0.1) is 23.2 Å². The number of unbranched alkanes of at least 4 members (excludes halogenated alkanes) is 1. The van der Waals surface area contributed by atoms with Gasteiger partial charge in [-0.25, -0.2) is 9.78 Å². The number of para-hydroxylation sites is 1. The summed E-state index contributed by atoms with van der Waals surface area (Å²) in [4.78, 5) is 34.3. The number of aliphatic carboxylic acids is 1. The van der Waals surface area contributed by atoms with Crippen LogP contribution in [-0.2, 0) is 14.9 Å². The van der Waals surface area contributed by atoms with Gasteiger partial charge in [0.25, 0.3) is 0 Å². The van der Waals surface area contributed by atoms with E-state index in [1.54, 1.807) is 24.3 Å². The number of nitro benzene ring substituents is 1. The molecule has 2 aromatic carbocycles. The van der Waals surface area contributed by atoms with Crippen LogP contribution < -0.4 is 4.74 Å². The number of hydrogen-bond donors (Lipinski definition) is 3. The normalized spacial score (nSPS) is 10.7. The maximum atomic E-state index is 10.7. The second-order valence-corrected chi connectivity index (χ2v) is 10.4. The molecule has 0 atom stereocenters. The Bertz CT molecular complexity index is 1500. The molecule has 3 N–H and O–H groups in total. The summed E-state index contributed by atoms with van der Waals surface area (Å²) in [5.74, 6) is 3.87. The third kappa shape index (κ3) is 12.0. The Kier molecular flexibility index (Phi) is 14.0. The molecule has 0 amide bonds. The lowest BCUT2D eigenvalue weighted by Gasteiger charge is -2.01. The minimum atomic E-state index is -4.16. The van der Waals surface area contributed by atoms with E-state index in [2.05, 4.69) is 22.9 Å². The molecule has 0 saturated heterocycles. The topological polar surface area (TPSA) is 194 Å². The summed E-state index contributed by atoms with van der Waals surface area (Å²) < 4.78 is 35.3. The number of carbonyl (C=O) groups is 2. The molecule has 1 aromatic heterocycles. The Labute approximate surface area is 234 Å². The van der Waals surface area contributed by atoms with E-state index in [0.29, 0.717) is 11.9 Å². The second kappa shape index (κ2) is 16.6. The van der Waals surface area contributed by atoms with Crippen LogP contribution in [0.1, 0.15) is 49.9 Å². The van der Waals surface area contributed by atoms with Crippen LogP contribution in [-0.4, -0.2) is 52.1 Å². The summed E-state index contributed by atoms with van der Waals surface area (Å²) in [6, 6.07) is 10.4. The molecule has 1 heterocycles. The van der Waals surface area contributed by atoms with E-state index in [-0.39, 0.29) is 27.8 Å². The van der Waals surface area contributed by atoms with Crippen LogP contribution >= 0.6 is 11.3 Å². The molecule has 3 aromatic rings. The number of hydrogen-bond acceptors (Lipinski definition) is 9. The van der Waals surface area contributed by atoms with Crippen LogP contribution in [0.25, 0.3) is 10.2 Å². The summed E-state index contributed by atoms with van der Waals surface area (Å²) in [6.07, 6.45) is 4.72. The maximum Gasteiger partial charge on any atom is 0.335 e. The Balaban J connectivity index is 0.000000300.